The quantitative estimate of drug-likeness (QED) is 0.446. The number of amides is 1. The van der Waals surface area contributed by atoms with E-state index in [1.807, 2.05) is 72.8 Å². The van der Waals surface area contributed by atoms with Crippen LogP contribution in [0.2, 0.25) is 0 Å². The van der Waals surface area contributed by atoms with Crippen LogP contribution in [-0.4, -0.2) is 26.1 Å². The first-order valence-corrected chi connectivity index (χ1v) is 9.45. The average molecular weight is 420 g/mol. The standard InChI is InChI=1S/C21H13N5OS.ClH/c27-19(24-21-26-25-20(28-21)13-7-3-1-4-8-13)18-22-16-11-14-9-5-2-6-10-15(14)12-17(16)23-18;/h1-12H,(H,24,26,27);1H. The summed E-state index contributed by atoms with van der Waals surface area (Å²) in [4.78, 5) is 21.3. The summed E-state index contributed by atoms with van der Waals surface area (Å²) in [6.45, 7) is 0. The third-order valence-electron chi connectivity index (χ3n) is 4.28. The number of imidazole rings is 1. The van der Waals surface area contributed by atoms with Crippen molar-refractivity contribution in [3.8, 4) is 10.6 Å². The number of halogens is 1. The zero-order chi connectivity index (χ0) is 18.9. The van der Waals surface area contributed by atoms with E-state index >= 15 is 0 Å². The Hall–Kier alpha value is -3.42. The van der Waals surface area contributed by atoms with Gasteiger partial charge in [-0.3, -0.25) is 10.1 Å². The Bertz CT molecular complexity index is 1270. The number of carbonyl (C=O) groups excluding carboxylic acids is 1. The Labute approximate surface area is 176 Å². The van der Waals surface area contributed by atoms with E-state index in [0.29, 0.717) is 16.2 Å². The molecule has 29 heavy (non-hydrogen) atoms. The summed E-state index contributed by atoms with van der Waals surface area (Å²) in [5.74, 6) is -0.285. The molecule has 0 aliphatic rings. The van der Waals surface area contributed by atoms with Crippen molar-refractivity contribution in [3.63, 3.8) is 0 Å². The number of benzene rings is 2. The minimum atomic E-state index is -0.401. The van der Waals surface area contributed by atoms with Gasteiger partial charge in [-0.25, -0.2) is 9.97 Å². The number of anilines is 1. The SMILES string of the molecule is Cl.O=C(Nc1nnc(-c2ccccc2)s1)c1nc2cc3cccccc3cc2n1. The van der Waals surface area contributed by atoms with Crippen LogP contribution in [0.15, 0.2) is 72.8 Å². The van der Waals surface area contributed by atoms with Crippen molar-refractivity contribution in [2.75, 3.05) is 5.32 Å². The number of nitrogens with zero attached hydrogens (tertiary/aromatic N) is 4. The summed E-state index contributed by atoms with van der Waals surface area (Å²) in [5.41, 5.74) is 2.33. The minimum Gasteiger partial charge on any atom is -0.294 e. The molecule has 5 aromatic rings. The van der Waals surface area contributed by atoms with Crippen molar-refractivity contribution in [2.45, 2.75) is 0 Å². The molecule has 8 heteroatoms. The first-order chi connectivity index (χ1) is 13.8. The third kappa shape index (κ3) is 3.78. The smallest absolute Gasteiger partial charge is 0.294 e. The van der Waals surface area contributed by atoms with Gasteiger partial charge in [-0.15, -0.1) is 22.6 Å². The summed E-state index contributed by atoms with van der Waals surface area (Å²) in [6, 6.07) is 23.5. The molecule has 5 rings (SSSR count). The highest BCUT2D eigenvalue weighted by molar-refractivity contribution is 7.18. The molecule has 2 heterocycles. The van der Waals surface area contributed by atoms with Gasteiger partial charge in [-0.2, -0.15) is 0 Å². The second-order valence-corrected chi connectivity index (χ2v) is 7.14. The molecule has 1 N–H and O–H groups in total. The number of fused-ring (bicyclic) bond motifs is 2. The van der Waals surface area contributed by atoms with Crippen LogP contribution in [0.25, 0.3) is 32.4 Å². The van der Waals surface area contributed by atoms with Gasteiger partial charge < -0.3 is 0 Å². The monoisotopic (exact) mass is 419 g/mol. The van der Waals surface area contributed by atoms with E-state index in [1.165, 1.54) is 11.3 Å². The molecule has 0 radical (unpaired) electrons. The molecule has 0 aliphatic heterocycles. The van der Waals surface area contributed by atoms with E-state index in [1.54, 1.807) is 0 Å². The van der Waals surface area contributed by atoms with Crippen LogP contribution in [0.3, 0.4) is 0 Å². The molecule has 0 saturated carbocycles. The van der Waals surface area contributed by atoms with Gasteiger partial charge in [-0.05, 0) is 22.9 Å². The number of rotatable bonds is 3. The zero-order valence-electron chi connectivity index (χ0n) is 14.9. The normalized spacial score (nSPS) is 10.6. The van der Waals surface area contributed by atoms with Crippen LogP contribution >= 0.6 is 23.7 Å². The van der Waals surface area contributed by atoms with Gasteiger partial charge in [0.1, 0.15) is 5.01 Å². The van der Waals surface area contributed by atoms with E-state index in [9.17, 15) is 4.79 Å². The Morgan fingerprint density at radius 3 is 2.00 bits per heavy atom. The number of hydrogen-bond donors (Lipinski definition) is 1. The number of hydrogen-bond acceptors (Lipinski definition) is 6. The average Bonchev–Trinajstić information content (AvgIpc) is 3.28. The highest BCUT2D eigenvalue weighted by Gasteiger charge is 2.16. The van der Waals surface area contributed by atoms with E-state index in [4.69, 9.17) is 0 Å². The highest BCUT2D eigenvalue weighted by atomic mass is 35.5. The molecule has 0 atom stereocenters. The van der Waals surface area contributed by atoms with Gasteiger partial charge in [0.05, 0.1) is 11.0 Å². The van der Waals surface area contributed by atoms with E-state index in [2.05, 4.69) is 25.5 Å². The molecule has 0 saturated heterocycles. The summed E-state index contributed by atoms with van der Waals surface area (Å²) in [6.07, 6.45) is 0. The molecule has 3 aromatic carbocycles. The molecule has 0 fully saturated rings. The van der Waals surface area contributed by atoms with E-state index < -0.39 is 5.91 Å². The van der Waals surface area contributed by atoms with Gasteiger partial charge in [0.2, 0.25) is 11.0 Å². The summed E-state index contributed by atoms with van der Waals surface area (Å²) < 4.78 is 0. The molecule has 6 nitrogen and oxygen atoms in total. The largest absolute Gasteiger partial charge is 0.295 e. The summed E-state index contributed by atoms with van der Waals surface area (Å²) in [5, 5.41) is 14.2. The maximum Gasteiger partial charge on any atom is 0.295 e. The van der Waals surface area contributed by atoms with E-state index in [0.717, 1.165) is 21.3 Å². The Kier molecular flexibility index (Phi) is 5.16. The number of nitrogens with one attached hydrogen (secondary N) is 1. The van der Waals surface area contributed by atoms with Crippen LogP contribution in [0.5, 0.6) is 0 Å². The van der Waals surface area contributed by atoms with Crippen LogP contribution in [0.1, 0.15) is 10.6 Å². The second kappa shape index (κ2) is 7.90. The summed E-state index contributed by atoms with van der Waals surface area (Å²) in [7, 11) is 0. The van der Waals surface area contributed by atoms with Crippen LogP contribution in [-0.2, 0) is 0 Å². The van der Waals surface area contributed by atoms with Gasteiger partial charge in [-0.1, -0.05) is 72.0 Å². The predicted molar refractivity (Wildman–Crippen MR) is 118 cm³/mol. The first kappa shape index (κ1) is 18.9. The van der Waals surface area contributed by atoms with Crippen LogP contribution in [0.4, 0.5) is 5.13 Å². The molecular formula is C21H14ClN5OS. The lowest BCUT2D eigenvalue weighted by Crippen LogP contribution is -2.13. The maximum atomic E-state index is 12.6. The lowest BCUT2D eigenvalue weighted by atomic mass is 10.1. The fourth-order valence-electron chi connectivity index (χ4n) is 2.94. The van der Waals surface area contributed by atoms with E-state index in [-0.39, 0.29) is 18.2 Å². The van der Waals surface area contributed by atoms with Crippen molar-refractivity contribution < 1.29 is 4.79 Å². The Balaban J connectivity index is 0.00000205. The molecule has 142 valence electrons. The third-order valence-corrected chi connectivity index (χ3v) is 5.16. The molecule has 0 unspecified atom stereocenters. The van der Waals surface area contributed by atoms with Crippen molar-refractivity contribution in [1.29, 1.82) is 0 Å². The molecule has 1 amide bonds. The summed E-state index contributed by atoms with van der Waals surface area (Å²) >= 11 is 1.31. The number of carbonyl (C=O) groups is 1. The molecule has 0 bridgehead atoms. The van der Waals surface area contributed by atoms with Gasteiger partial charge >= 0.3 is 0 Å². The van der Waals surface area contributed by atoms with Gasteiger partial charge in [0, 0.05) is 5.56 Å². The van der Waals surface area contributed by atoms with Crippen molar-refractivity contribution in [2.24, 2.45) is 0 Å². The van der Waals surface area contributed by atoms with Crippen molar-refractivity contribution in [1.82, 2.24) is 20.2 Å². The maximum absolute atomic E-state index is 12.6. The topological polar surface area (TPSA) is 80.7 Å². The minimum absolute atomic E-state index is 0. The van der Waals surface area contributed by atoms with Crippen LogP contribution < -0.4 is 5.32 Å². The first-order valence-electron chi connectivity index (χ1n) is 8.63. The highest BCUT2D eigenvalue weighted by Crippen LogP contribution is 2.26. The molecular weight excluding hydrogens is 406 g/mol. The fourth-order valence-corrected chi connectivity index (χ4v) is 3.68. The van der Waals surface area contributed by atoms with Crippen molar-refractivity contribution in [3.05, 3.63) is 78.6 Å². The second-order valence-electron chi connectivity index (χ2n) is 6.16. The lowest BCUT2D eigenvalue weighted by Gasteiger charge is -1.95. The fraction of sp³-hybridized carbons (Fsp3) is 0. The lowest BCUT2D eigenvalue weighted by molar-refractivity contribution is 0.101. The van der Waals surface area contributed by atoms with Gasteiger partial charge in [0.25, 0.3) is 5.91 Å². The predicted octanol–water partition coefficient (Wildman–Crippen LogP) is 4.98. The van der Waals surface area contributed by atoms with Gasteiger partial charge in [0.15, 0.2) is 0 Å². The number of aromatic nitrogens is 4. The molecule has 2 aromatic heterocycles. The van der Waals surface area contributed by atoms with Crippen LogP contribution in [0, 0.1) is 0 Å². The zero-order valence-corrected chi connectivity index (χ0v) is 16.6. The van der Waals surface area contributed by atoms with Crippen molar-refractivity contribution >= 4 is 56.6 Å². The molecule has 0 spiro atoms. The Morgan fingerprint density at radius 1 is 0.793 bits per heavy atom. The molecule has 0 aliphatic carbocycles. The Morgan fingerprint density at radius 2 is 1.38 bits per heavy atom.